The number of amides is 1. The Kier molecular flexibility index (Phi) is 5.14. The molecule has 7 nitrogen and oxygen atoms in total. The highest BCUT2D eigenvalue weighted by atomic mass is 16.2. The molecule has 1 atom stereocenters. The second kappa shape index (κ2) is 7.88. The zero-order chi connectivity index (χ0) is 19.5. The van der Waals surface area contributed by atoms with Crippen LogP contribution in [0.4, 0.5) is 0 Å². The SMILES string of the molecule is Cc1cc(C(=O)N2CCC[C@@H](c3nccn3Cc3ccncc3)C2)nc(C)n1. The highest BCUT2D eigenvalue weighted by Crippen LogP contribution is 2.27. The Morgan fingerprint density at radius 2 is 2.00 bits per heavy atom. The van der Waals surface area contributed by atoms with Crippen molar-refractivity contribution in [2.45, 2.75) is 39.2 Å². The highest BCUT2D eigenvalue weighted by Gasteiger charge is 2.28. The monoisotopic (exact) mass is 376 g/mol. The summed E-state index contributed by atoms with van der Waals surface area (Å²) in [6.07, 6.45) is 9.44. The summed E-state index contributed by atoms with van der Waals surface area (Å²) < 4.78 is 2.17. The minimum absolute atomic E-state index is 0.0226. The van der Waals surface area contributed by atoms with Crippen LogP contribution >= 0.6 is 0 Å². The summed E-state index contributed by atoms with van der Waals surface area (Å²) in [6.45, 7) is 5.88. The van der Waals surface area contributed by atoms with Gasteiger partial charge < -0.3 is 9.47 Å². The summed E-state index contributed by atoms with van der Waals surface area (Å²) in [4.78, 5) is 32.2. The van der Waals surface area contributed by atoms with E-state index in [2.05, 4.69) is 24.5 Å². The van der Waals surface area contributed by atoms with Gasteiger partial charge in [0.15, 0.2) is 0 Å². The van der Waals surface area contributed by atoms with E-state index in [1.165, 1.54) is 5.56 Å². The second-order valence-electron chi connectivity index (χ2n) is 7.30. The fourth-order valence-electron chi connectivity index (χ4n) is 3.86. The summed E-state index contributed by atoms with van der Waals surface area (Å²) >= 11 is 0. The number of imidazole rings is 1. The van der Waals surface area contributed by atoms with E-state index in [0.717, 1.165) is 37.4 Å². The quantitative estimate of drug-likeness (QED) is 0.700. The van der Waals surface area contributed by atoms with Gasteiger partial charge in [0.1, 0.15) is 17.3 Å². The van der Waals surface area contributed by atoms with Crippen molar-refractivity contribution in [2.24, 2.45) is 0 Å². The molecule has 3 aromatic heterocycles. The Hall–Kier alpha value is -3.09. The maximum atomic E-state index is 13.0. The fourth-order valence-corrected chi connectivity index (χ4v) is 3.86. The van der Waals surface area contributed by atoms with Gasteiger partial charge in [0.05, 0.1) is 0 Å². The van der Waals surface area contributed by atoms with Gasteiger partial charge in [0, 0.05) is 56.0 Å². The lowest BCUT2D eigenvalue weighted by Gasteiger charge is -2.32. The third-order valence-corrected chi connectivity index (χ3v) is 5.11. The molecule has 0 aromatic carbocycles. The van der Waals surface area contributed by atoms with E-state index in [1.807, 2.05) is 43.3 Å². The summed E-state index contributed by atoms with van der Waals surface area (Å²) in [7, 11) is 0. The van der Waals surface area contributed by atoms with Crippen LogP contribution in [0, 0.1) is 13.8 Å². The van der Waals surface area contributed by atoms with Crippen LogP contribution in [0.15, 0.2) is 43.0 Å². The van der Waals surface area contributed by atoms with Crippen molar-refractivity contribution in [2.75, 3.05) is 13.1 Å². The Bertz CT molecular complexity index is 948. The van der Waals surface area contributed by atoms with Gasteiger partial charge in [0.25, 0.3) is 5.91 Å². The molecular formula is C21H24N6O. The number of aryl methyl sites for hydroxylation is 2. The molecule has 4 heterocycles. The summed E-state index contributed by atoms with van der Waals surface area (Å²) in [5.41, 5.74) is 2.48. The predicted octanol–water partition coefficient (Wildman–Crippen LogP) is 2.75. The van der Waals surface area contributed by atoms with Gasteiger partial charge in [-0.25, -0.2) is 15.0 Å². The number of carbonyl (C=O) groups excluding carboxylic acids is 1. The average Bonchev–Trinajstić information content (AvgIpc) is 3.15. The first-order valence-electron chi connectivity index (χ1n) is 9.61. The Morgan fingerprint density at radius 1 is 1.18 bits per heavy atom. The highest BCUT2D eigenvalue weighted by molar-refractivity contribution is 5.92. The maximum absolute atomic E-state index is 13.0. The van der Waals surface area contributed by atoms with Crippen molar-refractivity contribution in [3.05, 3.63) is 71.6 Å². The number of nitrogens with zero attached hydrogens (tertiary/aromatic N) is 6. The normalized spacial score (nSPS) is 16.9. The number of hydrogen-bond donors (Lipinski definition) is 0. The minimum atomic E-state index is -0.0226. The van der Waals surface area contributed by atoms with Crippen molar-refractivity contribution < 1.29 is 4.79 Å². The molecule has 0 unspecified atom stereocenters. The molecule has 0 bridgehead atoms. The first-order valence-corrected chi connectivity index (χ1v) is 9.61. The van der Waals surface area contributed by atoms with Crippen LogP contribution in [-0.2, 0) is 6.54 Å². The summed E-state index contributed by atoms with van der Waals surface area (Å²) in [5, 5.41) is 0. The molecule has 1 aliphatic heterocycles. The van der Waals surface area contributed by atoms with Crippen molar-refractivity contribution in [3.8, 4) is 0 Å². The van der Waals surface area contributed by atoms with Crippen molar-refractivity contribution in [1.82, 2.24) is 29.4 Å². The Balaban J connectivity index is 1.52. The molecule has 0 saturated carbocycles. The molecule has 144 valence electrons. The number of rotatable bonds is 4. The maximum Gasteiger partial charge on any atom is 0.272 e. The number of piperidine rings is 1. The van der Waals surface area contributed by atoms with Crippen LogP contribution in [0.3, 0.4) is 0 Å². The van der Waals surface area contributed by atoms with E-state index in [-0.39, 0.29) is 11.8 Å². The molecule has 1 fully saturated rings. The fraction of sp³-hybridized carbons (Fsp3) is 0.381. The van der Waals surface area contributed by atoms with Crippen LogP contribution in [0.5, 0.6) is 0 Å². The van der Waals surface area contributed by atoms with E-state index in [1.54, 1.807) is 18.5 Å². The first kappa shape index (κ1) is 18.3. The van der Waals surface area contributed by atoms with Gasteiger partial charge in [0.2, 0.25) is 0 Å². The van der Waals surface area contributed by atoms with Gasteiger partial charge in [-0.05, 0) is 50.5 Å². The van der Waals surface area contributed by atoms with Crippen LogP contribution in [-0.4, -0.2) is 48.4 Å². The molecule has 1 aliphatic rings. The van der Waals surface area contributed by atoms with Crippen molar-refractivity contribution in [1.29, 1.82) is 0 Å². The Morgan fingerprint density at radius 3 is 2.79 bits per heavy atom. The molecule has 0 spiro atoms. The van der Waals surface area contributed by atoms with E-state index in [4.69, 9.17) is 0 Å². The molecule has 7 heteroatoms. The zero-order valence-electron chi connectivity index (χ0n) is 16.2. The van der Waals surface area contributed by atoms with Crippen LogP contribution < -0.4 is 0 Å². The van der Waals surface area contributed by atoms with Crippen molar-refractivity contribution >= 4 is 5.91 Å². The standard InChI is InChI=1S/C21H24N6O/c1-15-12-19(25-16(2)24-15)21(28)27-10-3-4-18(14-27)20-23-9-11-26(20)13-17-5-7-22-8-6-17/h5-9,11-12,18H,3-4,10,13-14H2,1-2H3/t18-/m1/s1. The third kappa shape index (κ3) is 3.93. The lowest BCUT2D eigenvalue weighted by molar-refractivity contribution is 0.0697. The second-order valence-corrected chi connectivity index (χ2v) is 7.30. The molecule has 4 rings (SSSR count). The molecule has 1 saturated heterocycles. The van der Waals surface area contributed by atoms with Gasteiger partial charge >= 0.3 is 0 Å². The number of pyridine rings is 1. The number of likely N-dealkylation sites (tertiary alicyclic amines) is 1. The molecular weight excluding hydrogens is 352 g/mol. The van der Waals surface area contributed by atoms with Gasteiger partial charge in [-0.1, -0.05) is 0 Å². The smallest absolute Gasteiger partial charge is 0.272 e. The van der Waals surface area contributed by atoms with Gasteiger partial charge in [-0.15, -0.1) is 0 Å². The predicted molar refractivity (Wildman–Crippen MR) is 105 cm³/mol. The molecule has 0 N–H and O–H groups in total. The van der Waals surface area contributed by atoms with Gasteiger partial charge in [-0.2, -0.15) is 0 Å². The number of aromatic nitrogens is 5. The average molecular weight is 376 g/mol. The molecule has 28 heavy (non-hydrogen) atoms. The van der Waals surface area contributed by atoms with E-state index >= 15 is 0 Å². The van der Waals surface area contributed by atoms with Crippen LogP contribution in [0.25, 0.3) is 0 Å². The summed E-state index contributed by atoms with van der Waals surface area (Å²) in [5.74, 6) is 1.86. The molecule has 0 aliphatic carbocycles. The van der Waals surface area contributed by atoms with E-state index < -0.39 is 0 Å². The molecule has 1 amide bonds. The lowest BCUT2D eigenvalue weighted by Crippen LogP contribution is -2.40. The number of hydrogen-bond acceptors (Lipinski definition) is 5. The minimum Gasteiger partial charge on any atom is -0.337 e. The van der Waals surface area contributed by atoms with Crippen LogP contribution in [0.2, 0.25) is 0 Å². The van der Waals surface area contributed by atoms with E-state index in [0.29, 0.717) is 18.1 Å². The van der Waals surface area contributed by atoms with Crippen LogP contribution in [0.1, 0.15) is 52.2 Å². The first-order chi connectivity index (χ1) is 13.6. The van der Waals surface area contributed by atoms with Gasteiger partial charge in [-0.3, -0.25) is 9.78 Å². The molecule has 3 aromatic rings. The topological polar surface area (TPSA) is 76.8 Å². The zero-order valence-corrected chi connectivity index (χ0v) is 16.2. The summed E-state index contributed by atoms with van der Waals surface area (Å²) in [6, 6.07) is 5.80. The Labute approximate surface area is 164 Å². The molecule has 0 radical (unpaired) electrons. The van der Waals surface area contributed by atoms with Crippen molar-refractivity contribution in [3.63, 3.8) is 0 Å². The number of carbonyl (C=O) groups is 1. The lowest BCUT2D eigenvalue weighted by atomic mass is 9.96. The van der Waals surface area contributed by atoms with E-state index in [9.17, 15) is 4.79 Å². The largest absolute Gasteiger partial charge is 0.337 e. The third-order valence-electron chi connectivity index (χ3n) is 5.11.